The van der Waals surface area contributed by atoms with Crippen molar-refractivity contribution in [3.63, 3.8) is 0 Å². The zero-order chi connectivity index (χ0) is 10.1. The van der Waals surface area contributed by atoms with E-state index in [1.807, 2.05) is 0 Å². The lowest BCUT2D eigenvalue weighted by atomic mass is 10.1. The molecule has 0 rings (SSSR count). The van der Waals surface area contributed by atoms with Gasteiger partial charge in [0.25, 0.3) is 0 Å². The minimum atomic E-state index is 0.0106. The smallest absolute Gasteiger partial charge is 0.0744 e. The Labute approximate surface area is 81.6 Å². The van der Waals surface area contributed by atoms with Crippen molar-refractivity contribution < 1.29 is 9.47 Å². The Balaban J connectivity index is 3.57. The summed E-state index contributed by atoms with van der Waals surface area (Å²) in [6.07, 6.45) is 3.28. The van der Waals surface area contributed by atoms with Crippen LogP contribution in [0.25, 0.3) is 0 Å². The average Bonchev–Trinajstić information content (AvgIpc) is 2.14. The van der Waals surface area contributed by atoms with Crippen molar-refractivity contribution in [1.82, 2.24) is 0 Å². The first-order valence-electron chi connectivity index (χ1n) is 5.12. The fraction of sp³-hybridized carbons (Fsp3) is 1.00. The van der Waals surface area contributed by atoms with E-state index in [-0.39, 0.29) is 12.1 Å². The molecule has 0 aromatic carbocycles. The molecule has 0 fully saturated rings. The molecule has 0 aliphatic rings. The third-order valence-corrected chi connectivity index (χ3v) is 2.01. The summed E-state index contributed by atoms with van der Waals surface area (Å²) in [4.78, 5) is 0. The molecule has 0 saturated heterocycles. The summed E-state index contributed by atoms with van der Waals surface area (Å²) in [5, 5.41) is 0. The van der Waals surface area contributed by atoms with Gasteiger partial charge in [-0.25, -0.2) is 0 Å². The molecule has 13 heavy (non-hydrogen) atoms. The Bertz CT molecular complexity index is 109. The molecule has 0 aromatic rings. The van der Waals surface area contributed by atoms with Gasteiger partial charge in [-0.15, -0.1) is 0 Å². The quantitative estimate of drug-likeness (QED) is 0.589. The second kappa shape index (κ2) is 8.48. The molecule has 0 heterocycles. The lowest BCUT2D eigenvalue weighted by molar-refractivity contribution is 0.0295. The number of hydrogen-bond donors (Lipinski definition) is 1. The van der Waals surface area contributed by atoms with Crippen LogP contribution in [0.3, 0.4) is 0 Å². The highest BCUT2D eigenvalue weighted by Crippen LogP contribution is 2.05. The molecule has 3 nitrogen and oxygen atoms in total. The van der Waals surface area contributed by atoms with E-state index < -0.39 is 0 Å². The van der Waals surface area contributed by atoms with Gasteiger partial charge in [0.15, 0.2) is 0 Å². The van der Waals surface area contributed by atoms with Gasteiger partial charge in [-0.2, -0.15) is 0 Å². The van der Waals surface area contributed by atoms with Crippen molar-refractivity contribution in [2.24, 2.45) is 5.73 Å². The van der Waals surface area contributed by atoms with E-state index in [1.165, 1.54) is 0 Å². The van der Waals surface area contributed by atoms with E-state index in [0.29, 0.717) is 6.61 Å². The zero-order valence-corrected chi connectivity index (χ0v) is 9.08. The Morgan fingerprint density at radius 3 is 2.38 bits per heavy atom. The van der Waals surface area contributed by atoms with E-state index in [1.54, 1.807) is 7.11 Å². The Kier molecular flexibility index (Phi) is 8.40. The van der Waals surface area contributed by atoms with Gasteiger partial charge in [0.1, 0.15) is 0 Å². The van der Waals surface area contributed by atoms with Crippen LogP contribution >= 0.6 is 0 Å². The van der Waals surface area contributed by atoms with E-state index in [2.05, 4.69) is 13.8 Å². The molecule has 2 N–H and O–H groups in total. The highest BCUT2D eigenvalue weighted by molar-refractivity contribution is 4.72. The maximum atomic E-state index is 5.91. The Hall–Kier alpha value is -0.120. The molecular weight excluding hydrogens is 166 g/mol. The largest absolute Gasteiger partial charge is 0.380 e. The van der Waals surface area contributed by atoms with Crippen molar-refractivity contribution in [3.05, 3.63) is 0 Å². The minimum absolute atomic E-state index is 0.0106. The predicted octanol–water partition coefficient (Wildman–Crippen LogP) is 1.56. The molecule has 0 aromatic heterocycles. The highest BCUT2D eigenvalue weighted by Gasteiger charge is 2.15. The standard InChI is InChI=1S/C10H23NO2/c1-4-6-10(12-3)9(11)8-13-7-5-2/h9-10H,4-8,11H2,1-3H3. The average molecular weight is 189 g/mol. The van der Waals surface area contributed by atoms with Crippen LogP contribution in [-0.2, 0) is 9.47 Å². The van der Waals surface area contributed by atoms with Crippen molar-refractivity contribution in [2.75, 3.05) is 20.3 Å². The fourth-order valence-corrected chi connectivity index (χ4v) is 1.26. The molecule has 0 spiro atoms. The first-order valence-corrected chi connectivity index (χ1v) is 5.12. The Morgan fingerprint density at radius 1 is 1.23 bits per heavy atom. The second-order valence-electron chi connectivity index (χ2n) is 3.30. The maximum Gasteiger partial charge on any atom is 0.0744 e. The molecule has 2 atom stereocenters. The SMILES string of the molecule is CCCOCC(N)C(CCC)OC. The van der Waals surface area contributed by atoms with Crippen LogP contribution in [0.2, 0.25) is 0 Å². The van der Waals surface area contributed by atoms with Crippen LogP contribution in [0.15, 0.2) is 0 Å². The van der Waals surface area contributed by atoms with Gasteiger partial charge in [0.2, 0.25) is 0 Å². The van der Waals surface area contributed by atoms with Gasteiger partial charge < -0.3 is 15.2 Å². The molecule has 2 unspecified atom stereocenters. The van der Waals surface area contributed by atoms with Crippen LogP contribution in [0.5, 0.6) is 0 Å². The van der Waals surface area contributed by atoms with E-state index >= 15 is 0 Å². The van der Waals surface area contributed by atoms with E-state index in [0.717, 1.165) is 25.9 Å². The molecule has 0 bridgehead atoms. The molecule has 3 heteroatoms. The van der Waals surface area contributed by atoms with Crippen molar-refractivity contribution in [3.8, 4) is 0 Å². The topological polar surface area (TPSA) is 44.5 Å². The summed E-state index contributed by atoms with van der Waals surface area (Å²) >= 11 is 0. The van der Waals surface area contributed by atoms with E-state index in [9.17, 15) is 0 Å². The highest BCUT2D eigenvalue weighted by atomic mass is 16.5. The summed E-state index contributed by atoms with van der Waals surface area (Å²) in [7, 11) is 1.71. The number of hydrogen-bond acceptors (Lipinski definition) is 3. The normalized spacial score (nSPS) is 15.7. The van der Waals surface area contributed by atoms with Gasteiger partial charge >= 0.3 is 0 Å². The van der Waals surface area contributed by atoms with Crippen molar-refractivity contribution in [2.45, 2.75) is 45.3 Å². The zero-order valence-electron chi connectivity index (χ0n) is 9.08. The van der Waals surface area contributed by atoms with E-state index in [4.69, 9.17) is 15.2 Å². The van der Waals surface area contributed by atoms with Crippen LogP contribution in [0, 0.1) is 0 Å². The number of rotatable bonds is 8. The number of ether oxygens (including phenoxy) is 2. The van der Waals surface area contributed by atoms with Crippen LogP contribution in [-0.4, -0.2) is 32.5 Å². The summed E-state index contributed by atoms with van der Waals surface area (Å²) in [6.45, 7) is 5.61. The first-order chi connectivity index (χ1) is 6.26. The van der Waals surface area contributed by atoms with Crippen LogP contribution in [0.1, 0.15) is 33.1 Å². The number of nitrogens with two attached hydrogens (primary N) is 1. The third-order valence-electron chi connectivity index (χ3n) is 2.01. The Morgan fingerprint density at radius 2 is 1.92 bits per heavy atom. The second-order valence-corrected chi connectivity index (χ2v) is 3.30. The minimum Gasteiger partial charge on any atom is -0.380 e. The summed E-state index contributed by atoms with van der Waals surface area (Å²) in [5.74, 6) is 0. The monoisotopic (exact) mass is 189 g/mol. The van der Waals surface area contributed by atoms with Crippen LogP contribution < -0.4 is 5.73 Å². The van der Waals surface area contributed by atoms with Crippen molar-refractivity contribution >= 4 is 0 Å². The predicted molar refractivity (Wildman–Crippen MR) is 54.8 cm³/mol. The summed E-state index contributed by atoms with van der Waals surface area (Å²) in [6, 6.07) is 0.0106. The molecule has 0 saturated carbocycles. The maximum absolute atomic E-state index is 5.91. The fourth-order valence-electron chi connectivity index (χ4n) is 1.26. The van der Waals surface area contributed by atoms with Gasteiger partial charge in [-0.05, 0) is 12.8 Å². The van der Waals surface area contributed by atoms with Gasteiger partial charge in [0.05, 0.1) is 18.8 Å². The molecule has 0 radical (unpaired) electrons. The van der Waals surface area contributed by atoms with Gasteiger partial charge in [0, 0.05) is 13.7 Å². The molecule has 80 valence electrons. The lowest BCUT2D eigenvalue weighted by Crippen LogP contribution is -2.40. The van der Waals surface area contributed by atoms with Crippen molar-refractivity contribution in [1.29, 1.82) is 0 Å². The molecule has 0 aliphatic carbocycles. The molecule has 0 aliphatic heterocycles. The summed E-state index contributed by atoms with van der Waals surface area (Å²) < 4.78 is 10.6. The summed E-state index contributed by atoms with van der Waals surface area (Å²) in [5.41, 5.74) is 5.91. The van der Waals surface area contributed by atoms with Gasteiger partial charge in [-0.1, -0.05) is 20.3 Å². The number of methoxy groups -OCH3 is 1. The molecular formula is C10H23NO2. The molecule has 0 amide bonds. The third kappa shape index (κ3) is 6.02. The lowest BCUT2D eigenvalue weighted by Gasteiger charge is -2.21. The van der Waals surface area contributed by atoms with Crippen LogP contribution in [0.4, 0.5) is 0 Å². The van der Waals surface area contributed by atoms with Gasteiger partial charge in [-0.3, -0.25) is 0 Å². The first kappa shape index (κ1) is 12.9.